The predicted molar refractivity (Wildman–Crippen MR) is 82.9 cm³/mol. The van der Waals surface area contributed by atoms with Crippen molar-refractivity contribution in [3.8, 4) is 0 Å². The van der Waals surface area contributed by atoms with Gasteiger partial charge in [0.2, 0.25) is 11.8 Å². The minimum atomic E-state index is -0.0514. The monoisotopic (exact) mass is 315 g/mol. The number of carbonyl (C=O) groups excluding carboxylic acids is 1. The van der Waals surface area contributed by atoms with Gasteiger partial charge >= 0.3 is 0 Å². The number of amides is 1. The van der Waals surface area contributed by atoms with Crippen LogP contribution in [-0.2, 0) is 11.3 Å². The Morgan fingerprint density at radius 2 is 2.26 bits per heavy atom. The summed E-state index contributed by atoms with van der Waals surface area (Å²) in [5.41, 5.74) is 0.968. The average molecular weight is 315 g/mol. The fourth-order valence-corrected chi connectivity index (χ4v) is 3.54. The van der Waals surface area contributed by atoms with Crippen LogP contribution in [0.2, 0.25) is 0 Å². The molecule has 2 aromatic heterocycles. The van der Waals surface area contributed by atoms with E-state index in [1.807, 2.05) is 17.6 Å². The predicted octanol–water partition coefficient (Wildman–Crippen LogP) is 2.69. The first-order valence-corrected chi connectivity index (χ1v) is 8.41. The molecule has 2 atom stereocenters. The molecule has 0 bridgehead atoms. The van der Waals surface area contributed by atoms with Gasteiger partial charge in [0.25, 0.3) is 0 Å². The summed E-state index contributed by atoms with van der Waals surface area (Å²) in [5, 5.41) is 15.0. The quantitative estimate of drug-likeness (QED) is 0.916. The summed E-state index contributed by atoms with van der Waals surface area (Å²) in [7, 11) is 0. The summed E-state index contributed by atoms with van der Waals surface area (Å²) in [5.74, 6) is 1.94. The second-order valence-corrected chi connectivity index (χ2v) is 6.51. The molecule has 2 aliphatic rings. The summed E-state index contributed by atoms with van der Waals surface area (Å²) in [6, 6.07) is 1.87. The lowest BCUT2D eigenvalue weighted by Crippen LogP contribution is -2.15. The Hall–Kier alpha value is -2.18. The second-order valence-electron chi connectivity index (χ2n) is 6.51. The van der Waals surface area contributed by atoms with E-state index >= 15 is 0 Å². The van der Waals surface area contributed by atoms with Gasteiger partial charge in [-0.15, -0.1) is 10.2 Å². The van der Waals surface area contributed by atoms with Gasteiger partial charge in [-0.2, -0.15) is 0 Å². The highest BCUT2D eigenvalue weighted by Gasteiger charge is 2.47. The topological polar surface area (TPSA) is 85.8 Å². The molecule has 7 nitrogen and oxygen atoms in total. The van der Waals surface area contributed by atoms with Gasteiger partial charge in [-0.25, -0.2) is 0 Å². The maximum atomic E-state index is 12.4. The van der Waals surface area contributed by atoms with E-state index in [4.69, 9.17) is 4.52 Å². The molecule has 122 valence electrons. The molecule has 0 spiro atoms. The normalized spacial score (nSPS) is 24.0. The van der Waals surface area contributed by atoms with Crippen molar-refractivity contribution >= 4 is 11.8 Å². The van der Waals surface area contributed by atoms with Crippen molar-refractivity contribution in [3.63, 3.8) is 0 Å². The first-order valence-electron chi connectivity index (χ1n) is 8.41. The Morgan fingerprint density at radius 1 is 1.43 bits per heavy atom. The molecule has 23 heavy (non-hydrogen) atoms. The van der Waals surface area contributed by atoms with Crippen LogP contribution in [0.3, 0.4) is 0 Å². The zero-order valence-electron chi connectivity index (χ0n) is 13.2. The van der Waals surface area contributed by atoms with Crippen LogP contribution < -0.4 is 5.32 Å². The van der Waals surface area contributed by atoms with Gasteiger partial charge in [0, 0.05) is 30.4 Å². The third-order valence-electron chi connectivity index (χ3n) is 4.99. The Balaban J connectivity index is 1.37. The first kappa shape index (κ1) is 14.4. The summed E-state index contributed by atoms with van der Waals surface area (Å²) in [4.78, 5) is 12.4. The van der Waals surface area contributed by atoms with E-state index in [-0.39, 0.29) is 17.7 Å². The lowest BCUT2D eigenvalue weighted by Gasteiger charge is -2.03. The van der Waals surface area contributed by atoms with Crippen LogP contribution in [0.1, 0.15) is 62.4 Å². The minimum absolute atomic E-state index is 0.0187. The molecule has 1 amide bonds. The lowest BCUT2D eigenvalue weighted by molar-refractivity contribution is -0.117. The van der Waals surface area contributed by atoms with E-state index in [1.54, 1.807) is 6.33 Å². The summed E-state index contributed by atoms with van der Waals surface area (Å²) >= 11 is 0. The van der Waals surface area contributed by atoms with Crippen molar-refractivity contribution in [1.82, 2.24) is 19.9 Å². The molecule has 2 aliphatic carbocycles. The standard InChI is InChI=1S/C16H21N5O2/c1-2-21-9-17-19-15(21)11-7-12(11)16(22)18-14-8-13(20-23-14)10-5-3-4-6-10/h8-12H,2-7H2,1H3,(H,18,22). The van der Waals surface area contributed by atoms with Gasteiger partial charge in [-0.1, -0.05) is 18.0 Å². The molecule has 2 unspecified atom stereocenters. The van der Waals surface area contributed by atoms with Crippen molar-refractivity contribution in [2.75, 3.05) is 5.32 Å². The van der Waals surface area contributed by atoms with E-state index in [0.717, 1.165) is 37.3 Å². The number of nitrogens with one attached hydrogen (secondary N) is 1. The van der Waals surface area contributed by atoms with Gasteiger partial charge in [-0.05, 0) is 26.2 Å². The van der Waals surface area contributed by atoms with Crippen molar-refractivity contribution in [1.29, 1.82) is 0 Å². The largest absolute Gasteiger partial charge is 0.338 e. The molecule has 0 aliphatic heterocycles. The fraction of sp³-hybridized carbons (Fsp3) is 0.625. The zero-order chi connectivity index (χ0) is 15.8. The van der Waals surface area contributed by atoms with E-state index in [2.05, 4.69) is 20.7 Å². The van der Waals surface area contributed by atoms with Crippen molar-refractivity contribution in [3.05, 3.63) is 23.9 Å². The van der Waals surface area contributed by atoms with Crippen LogP contribution >= 0.6 is 0 Å². The van der Waals surface area contributed by atoms with Gasteiger partial charge < -0.3 is 9.09 Å². The molecule has 2 saturated carbocycles. The van der Waals surface area contributed by atoms with E-state index in [0.29, 0.717) is 11.8 Å². The Morgan fingerprint density at radius 3 is 3.04 bits per heavy atom. The van der Waals surface area contributed by atoms with Gasteiger partial charge in [0.05, 0.1) is 5.69 Å². The second kappa shape index (κ2) is 5.79. The van der Waals surface area contributed by atoms with E-state index < -0.39 is 0 Å². The average Bonchev–Trinajstić information content (AvgIpc) is 2.99. The van der Waals surface area contributed by atoms with Crippen molar-refractivity contribution < 1.29 is 9.32 Å². The molecule has 2 aromatic rings. The maximum absolute atomic E-state index is 12.4. The Bertz CT molecular complexity index is 701. The first-order chi connectivity index (χ1) is 11.3. The molecule has 2 fully saturated rings. The fourth-order valence-electron chi connectivity index (χ4n) is 3.54. The number of hydrogen-bond donors (Lipinski definition) is 1. The SMILES string of the molecule is CCn1cnnc1C1CC1C(=O)Nc1cc(C2CCCC2)no1. The zero-order valence-corrected chi connectivity index (χ0v) is 13.2. The number of carbonyl (C=O) groups is 1. The number of nitrogens with zero attached hydrogens (tertiary/aromatic N) is 4. The summed E-state index contributed by atoms with van der Waals surface area (Å²) < 4.78 is 7.27. The summed E-state index contributed by atoms with van der Waals surface area (Å²) in [6.07, 6.45) is 7.36. The van der Waals surface area contributed by atoms with E-state index in [1.165, 1.54) is 12.8 Å². The Labute approximate surface area is 134 Å². The highest BCUT2D eigenvalue weighted by atomic mass is 16.5. The molecule has 1 N–H and O–H groups in total. The van der Waals surface area contributed by atoms with Crippen molar-refractivity contribution in [2.24, 2.45) is 5.92 Å². The van der Waals surface area contributed by atoms with Crippen LogP contribution in [0.25, 0.3) is 0 Å². The summed E-state index contributed by atoms with van der Waals surface area (Å²) in [6.45, 7) is 2.86. The molecular weight excluding hydrogens is 294 g/mol. The molecule has 0 aromatic carbocycles. The van der Waals surface area contributed by atoms with Crippen LogP contribution in [0.15, 0.2) is 16.9 Å². The maximum Gasteiger partial charge on any atom is 0.231 e. The molecule has 0 saturated heterocycles. The smallest absolute Gasteiger partial charge is 0.231 e. The lowest BCUT2D eigenvalue weighted by atomic mass is 10.0. The Kier molecular flexibility index (Phi) is 3.63. The molecule has 0 radical (unpaired) electrons. The molecule has 2 heterocycles. The van der Waals surface area contributed by atoms with Gasteiger partial charge in [-0.3, -0.25) is 10.1 Å². The molecule has 7 heteroatoms. The molecular formula is C16H21N5O2. The van der Waals surface area contributed by atoms with Gasteiger partial charge in [0.1, 0.15) is 12.2 Å². The molecule has 4 rings (SSSR count). The van der Waals surface area contributed by atoms with Crippen LogP contribution in [0, 0.1) is 5.92 Å². The highest BCUT2D eigenvalue weighted by Crippen LogP contribution is 2.47. The minimum Gasteiger partial charge on any atom is -0.338 e. The van der Waals surface area contributed by atoms with Crippen LogP contribution in [-0.4, -0.2) is 25.8 Å². The number of aromatic nitrogens is 4. The third kappa shape index (κ3) is 2.75. The van der Waals surface area contributed by atoms with Crippen LogP contribution in [0.4, 0.5) is 5.88 Å². The number of hydrogen-bond acceptors (Lipinski definition) is 5. The highest BCUT2D eigenvalue weighted by molar-refractivity contribution is 5.94. The third-order valence-corrected chi connectivity index (χ3v) is 4.99. The van der Waals surface area contributed by atoms with E-state index in [9.17, 15) is 4.79 Å². The van der Waals surface area contributed by atoms with Crippen LogP contribution in [0.5, 0.6) is 0 Å². The number of anilines is 1. The van der Waals surface area contributed by atoms with Gasteiger partial charge in [0.15, 0.2) is 0 Å². The number of aryl methyl sites for hydroxylation is 1. The number of rotatable bonds is 5. The van der Waals surface area contributed by atoms with Crippen molar-refractivity contribution in [2.45, 2.75) is 57.4 Å².